The van der Waals surface area contributed by atoms with Crippen LogP contribution in [0, 0.1) is 0 Å². The lowest BCUT2D eigenvalue weighted by Gasteiger charge is -2.36. The Balaban J connectivity index is 1.46. The molecule has 2 aliphatic rings. The van der Waals surface area contributed by atoms with E-state index >= 15 is 0 Å². The van der Waals surface area contributed by atoms with E-state index in [9.17, 15) is 4.79 Å². The first-order valence-electron chi connectivity index (χ1n) is 10.1. The minimum atomic E-state index is -0.552. The standard InChI is InChI=1S/C22H22Cl2N4O3/c1-22(2,3)31-21(29)28-15-9-17(15)30-10-16(28)12-4-6-13(7-5-12)27-18(23)8-14-19(24)25-11-26-20(14)27/h4-8,11,15-17H,9-10H2,1-3H3. The minimum absolute atomic E-state index is 0.0648. The van der Waals surface area contributed by atoms with Crippen molar-refractivity contribution in [1.29, 1.82) is 0 Å². The van der Waals surface area contributed by atoms with Gasteiger partial charge in [0, 0.05) is 5.69 Å². The highest BCUT2D eigenvalue weighted by molar-refractivity contribution is 6.36. The van der Waals surface area contributed by atoms with Crippen molar-refractivity contribution in [2.45, 2.75) is 51.0 Å². The van der Waals surface area contributed by atoms with E-state index in [-0.39, 0.29) is 24.3 Å². The molecule has 1 saturated carbocycles. The van der Waals surface area contributed by atoms with E-state index < -0.39 is 5.60 Å². The number of nitrogens with zero attached hydrogens (tertiary/aromatic N) is 4. The zero-order chi connectivity index (χ0) is 21.9. The number of rotatable bonds is 2. The molecular weight excluding hydrogens is 439 g/mol. The van der Waals surface area contributed by atoms with E-state index in [0.29, 0.717) is 27.9 Å². The van der Waals surface area contributed by atoms with Crippen molar-refractivity contribution in [3.63, 3.8) is 0 Å². The summed E-state index contributed by atoms with van der Waals surface area (Å²) in [7, 11) is 0. The molecule has 0 radical (unpaired) electrons. The molecular formula is C22H22Cl2N4O3. The van der Waals surface area contributed by atoms with Gasteiger partial charge in [0.25, 0.3) is 0 Å². The van der Waals surface area contributed by atoms with Gasteiger partial charge in [-0.1, -0.05) is 35.3 Å². The molecule has 1 amide bonds. The Morgan fingerprint density at radius 1 is 1.19 bits per heavy atom. The van der Waals surface area contributed by atoms with E-state index in [4.69, 9.17) is 32.7 Å². The molecule has 3 atom stereocenters. The highest BCUT2D eigenvalue weighted by Gasteiger charge is 2.53. The van der Waals surface area contributed by atoms with Gasteiger partial charge in [0.2, 0.25) is 0 Å². The van der Waals surface area contributed by atoms with Crippen LogP contribution in [0.1, 0.15) is 38.8 Å². The summed E-state index contributed by atoms with van der Waals surface area (Å²) in [4.78, 5) is 23.1. The molecule has 0 spiro atoms. The molecule has 5 rings (SSSR count). The second-order valence-electron chi connectivity index (χ2n) is 8.87. The van der Waals surface area contributed by atoms with E-state index in [1.165, 1.54) is 6.33 Å². The molecule has 2 aromatic heterocycles. The van der Waals surface area contributed by atoms with Crippen LogP contribution in [0.2, 0.25) is 10.3 Å². The van der Waals surface area contributed by atoms with Gasteiger partial charge in [0.1, 0.15) is 22.2 Å². The molecule has 1 aliphatic heterocycles. The highest BCUT2D eigenvalue weighted by atomic mass is 35.5. The zero-order valence-corrected chi connectivity index (χ0v) is 18.9. The lowest BCUT2D eigenvalue weighted by Crippen LogP contribution is -2.46. The average molecular weight is 461 g/mol. The average Bonchev–Trinajstić information content (AvgIpc) is 3.41. The van der Waals surface area contributed by atoms with Crippen LogP contribution in [-0.4, -0.2) is 49.9 Å². The third-order valence-corrected chi connectivity index (χ3v) is 6.08. The first-order valence-corrected chi connectivity index (χ1v) is 10.9. The van der Waals surface area contributed by atoms with Gasteiger partial charge in [-0.25, -0.2) is 14.8 Å². The maximum atomic E-state index is 12.9. The maximum absolute atomic E-state index is 12.9. The quantitative estimate of drug-likeness (QED) is 0.492. The van der Waals surface area contributed by atoms with Crippen molar-refractivity contribution in [3.05, 3.63) is 52.5 Å². The lowest BCUT2D eigenvalue weighted by molar-refractivity contribution is -0.0355. The Morgan fingerprint density at radius 2 is 1.94 bits per heavy atom. The fourth-order valence-electron chi connectivity index (χ4n) is 4.04. The van der Waals surface area contributed by atoms with Gasteiger partial charge in [0.15, 0.2) is 5.65 Å². The number of fused-ring (bicyclic) bond motifs is 2. The van der Waals surface area contributed by atoms with E-state index in [2.05, 4.69) is 9.97 Å². The fraction of sp³-hybridized carbons (Fsp3) is 0.409. The number of benzene rings is 1. The Labute approximate surface area is 189 Å². The molecule has 1 saturated heterocycles. The van der Waals surface area contributed by atoms with E-state index in [1.54, 1.807) is 6.07 Å². The number of carbonyl (C=O) groups is 1. The normalized spacial score (nSPS) is 23.0. The van der Waals surface area contributed by atoms with Crippen LogP contribution in [0.25, 0.3) is 16.7 Å². The molecule has 31 heavy (non-hydrogen) atoms. The predicted molar refractivity (Wildman–Crippen MR) is 118 cm³/mol. The molecule has 162 valence electrons. The molecule has 2 fully saturated rings. The second-order valence-corrected chi connectivity index (χ2v) is 9.62. The summed E-state index contributed by atoms with van der Waals surface area (Å²) in [5.74, 6) is 0. The monoisotopic (exact) mass is 460 g/mol. The molecule has 0 bridgehead atoms. The first-order chi connectivity index (χ1) is 14.7. The van der Waals surface area contributed by atoms with Crippen molar-refractivity contribution < 1.29 is 14.3 Å². The fourth-order valence-corrected chi connectivity index (χ4v) is 4.50. The number of hydrogen-bond donors (Lipinski definition) is 0. The summed E-state index contributed by atoms with van der Waals surface area (Å²) in [6.45, 7) is 6.07. The Bertz CT molecular complexity index is 1160. The number of morpholine rings is 1. The molecule has 3 aromatic rings. The van der Waals surface area contributed by atoms with Gasteiger partial charge in [0.05, 0.1) is 30.2 Å². The van der Waals surface area contributed by atoms with Crippen molar-refractivity contribution in [2.24, 2.45) is 0 Å². The summed E-state index contributed by atoms with van der Waals surface area (Å²) in [6.07, 6.45) is 2.07. The SMILES string of the molecule is CC(C)(C)OC(=O)N1C(c2ccc(-n3c(Cl)cc4c(Cl)ncnc43)cc2)COC2CC21. The third-order valence-electron chi connectivity index (χ3n) is 5.50. The summed E-state index contributed by atoms with van der Waals surface area (Å²) < 4.78 is 13.4. The predicted octanol–water partition coefficient (Wildman–Crippen LogP) is 5.18. The van der Waals surface area contributed by atoms with Crippen LogP contribution in [-0.2, 0) is 9.47 Å². The molecule has 3 unspecified atom stereocenters. The molecule has 3 heterocycles. The summed E-state index contributed by atoms with van der Waals surface area (Å²) in [5, 5.41) is 1.53. The Morgan fingerprint density at radius 3 is 2.65 bits per heavy atom. The maximum Gasteiger partial charge on any atom is 0.411 e. The lowest BCUT2D eigenvalue weighted by atomic mass is 10.0. The Kier molecular flexibility index (Phi) is 4.88. The van der Waals surface area contributed by atoms with Crippen molar-refractivity contribution in [2.75, 3.05) is 6.61 Å². The number of aromatic nitrogens is 3. The van der Waals surface area contributed by atoms with Crippen LogP contribution in [0.3, 0.4) is 0 Å². The van der Waals surface area contributed by atoms with Crippen LogP contribution in [0.4, 0.5) is 4.79 Å². The highest BCUT2D eigenvalue weighted by Crippen LogP contribution is 2.43. The number of carbonyl (C=O) groups excluding carboxylic acids is 1. The first kappa shape index (κ1) is 20.5. The van der Waals surface area contributed by atoms with Gasteiger partial charge in [-0.15, -0.1) is 0 Å². The third kappa shape index (κ3) is 3.75. The van der Waals surface area contributed by atoms with Gasteiger partial charge >= 0.3 is 6.09 Å². The summed E-state index contributed by atoms with van der Waals surface area (Å²) >= 11 is 12.6. The van der Waals surface area contributed by atoms with Crippen molar-refractivity contribution in [1.82, 2.24) is 19.4 Å². The minimum Gasteiger partial charge on any atom is -0.444 e. The van der Waals surface area contributed by atoms with Crippen molar-refractivity contribution >= 4 is 40.3 Å². The number of ether oxygens (including phenoxy) is 2. The molecule has 1 aliphatic carbocycles. The van der Waals surface area contributed by atoms with Crippen LogP contribution in [0.15, 0.2) is 36.7 Å². The summed E-state index contributed by atoms with van der Waals surface area (Å²) in [5.41, 5.74) is 1.89. The Hall–Kier alpha value is -2.35. The summed E-state index contributed by atoms with van der Waals surface area (Å²) in [6, 6.07) is 9.46. The van der Waals surface area contributed by atoms with Crippen LogP contribution < -0.4 is 0 Å². The largest absolute Gasteiger partial charge is 0.444 e. The van der Waals surface area contributed by atoms with Gasteiger partial charge in [-0.05, 0) is 51.0 Å². The number of amides is 1. The second kappa shape index (κ2) is 7.36. The van der Waals surface area contributed by atoms with Crippen LogP contribution in [0.5, 0.6) is 0 Å². The molecule has 9 heteroatoms. The van der Waals surface area contributed by atoms with Gasteiger partial charge in [-0.2, -0.15) is 0 Å². The topological polar surface area (TPSA) is 69.5 Å². The van der Waals surface area contributed by atoms with Gasteiger partial charge < -0.3 is 9.47 Å². The van der Waals surface area contributed by atoms with Gasteiger partial charge in [-0.3, -0.25) is 9.47 Å². The van der Waals surface area contributed by atoms with Crippen molar-refractivity contribution in [3.8, 4) is 5.69 Å². The van der Waals surface area contributed by atoms with Crippen LogP contribution >= 0.6 is 23.2 Å². The molecule has 7 nitrogen and oxygen atoms in total. The molecule has 1 aromatic carbocycles. The molecule has 0 N–H and O–H groups in total. The number of hydrogen-bond acceptors (Lipinski definition) is 5. The number of halogens is 2. The zero-order valence-electron chi connectivity index (χ0n) is 17.4. The van der Waals surface area contributed by atoms with E-state index in [0.717, 1.165) is 17.7 Å². The smallest absolute Gasteiger partial charge is 0.411 e. The van der Waals surface area contributed by atoms with E-state index in [1.807, 2.05) is 54.5 Å².